The molecule has 0 amide bonds. The fourth-order valence-corrected chi connectivity index (χ4v) is 1.97. The van der Waals surface area contributed by atoms with Gasteiger partial charge in [-0.25, -0.2) is 0 Å². The third-order valence-electron chi connectivity index (χ3n) is 3.50. The highest BCUT2D eigenvalue weighted by Crippen LogP contribution is 2.29. The predicted octanol–water partition coefficient (Wildman–Crippen LogP) is 2.77. The maximum absolute atomic E-state index is 5.81. The Kier molecular flexibility index (Phi) is 3.21. The molecule has 17 heavy (non-hydrogen) atoms. The number of hydrogen-bond acceptors (Lipinski definition) is 3. The van der Waals surface area contributed by atoms with Gasteiger partial charge in [0.25, 0.3) is 0 Å². The molecule has 0 aromatic carbocycles. The van der Waals surface area contributed by atoms with Crippen LogP contribution >= 0.6 is 0 Å². The lowest BCUT2D eigenvalue weighted by atomic mass is 10.2. The smallest absolute Gasteiger partial charge is 0.130 e. The molecule has 0 radical (unpaired) electrons. The van der Waals surface area contributed by atoms with Crippen LogP contribution in [0.3, 0.4) is 0 Å². The lowest BCUT2D eigenvalue weighted by molar-refractivity contribution is 0.0963. The Labute approximate surface area is 103 Å². The maximum Gasteiger partial charge on any atom is 0.130 e. The molecule has 2 aliphatic carbocycles. The molecule has 3 nitrogen and oxygen atoms in total. The zero-order valence-corrected chi connectivity index (χ0v) is 10.5. The molecular formula is C14H21NO2. The highest BCUT2D eigenvalue weighted by Gasteiger charge is 2.22. The maximum atomic E-state index is 5.81. The molecule has 0 atom stereocenters. The lowest BCUT2D eigenvalue weighted by Gasteiger charge is -2.01. The number of ether oxygens (including phenoxy) is 1. The van der Waals surface area contributed by atoms with Crippen LogP contribution in [0.4, 0.5) is 0 Å². The van der Waals surface area contributed by atoms with E-state index < -0.39 is 0 Å². The molecule has 3 heteroatoms. The summed E-state index contributed by atoms with van der Waals surface area (Å²) in [4.78, 5) is 0. The van der Waals surface area contributed by atoms with Crippen LogP contribution in [0.2, 0.25) is 0 Å². The van der Waals surface area contributed by atoms with Crippen molar-refractivity contribution in [2.45, 2.75) is 51.8 Å². The van der Waals surface area contributed by atoms with Crippen molar-refractivity contribution >= 4 is 0 Å². The summed E-state index contributed by atoms with van der Waals surface area (Å²) in [7, 11) is 0. The Morgan fingerprint density at radius 3 is 2.88 bits per heavy atom. The molecule has 2 aliphatic rings. The Hall–Kier alpha value is -0.800. The molecule has 0 aliphatic heterocycles. The van der Waals surface area contributed by atoms with E-state index >= 15 is 0 Å². The van der Waals surface area contributed by atoms with Crippen LogP contribution in [0.25, 0.3) is 0 Å². The van der Waals surface area contributed by atoms with Crippen LogP contribution in [-0.2, 0) is 17.9 Å². The van der Waals surface area contributed by atoms with Gasteiger partial charge in [-0.3, -0.25) is 0 Å². The summed E-state index contributed by atoms with van der Waals surface area (Å²) in [5, 5.41) is 3.48. The van der Waals surface area contributed by atoms with E-state index in [1.165, 1.54) is 31.2 Å². The number of aryl methyl sites for hydroxylation is 1. The second-order valence-corrected chi connectivity index (χ2v) is 5.43. The van der Waals surface area contributed by atoms with Gasteiger partial charge in [0.15, 0.2) is 0 Å². The van der Waals surface area contributed by atoms with Gasteiger partial charge < -0.3 is 14.5 Å². The molecule has 1 aromatic rings. The molecule has 0 unspecified atom stereocenters. The van der Waals surface area contributed by atoms with Crippen LogP contribution < -0.4 is 5.32 Å². The Morgan fingerprint density at radius 2 is 2.18 bits per heavy atom. The quantitative estimate of drug-likeness (QED) is 0.789. The minimum absolute atomic E-state index is 0.626. The minimum atomic E-state index is 0.626. The van der Waals surface area contributed by atoms with E-state index in [4.69, 9.17) is 9.15 Å². The van der Waals surface area contributed by atoms with Crippen molar-refractivity contribution in [1.29, 1.82) is 0 Å². The van der Waals surface area contributed by atoms with Crippen molar-refractivity contribution in [3.63, 3.8) is 0 Å². The predicted molar refractivity (Wildman–Crippen MR) is 65.7 cm³/mol. The van der Waals surface area contributed by atoms with Crippen molar-refractivity contribution in [1.82, 2.24) is 5.32 Å². The number of furan rings is 1. The van der Waals surface area contributed by atoms with Crippen molar-refractivity contribution in [3.8, 4) is 0 Å². The average molecular weight is 235 g/mol. The second kappa shape index (κ2) is 4.83. The van der Waals surface area contributed by atoms with Gasteiger partial charge in [0.1, 0.15) is 18.1 Å². The monoisotopic (exact) mass is 235 g/mol. The second-order valence-electron chi connectivity index (χ2n) is 5.43. The van der Waals surface area contributed by atoms with Gasteiger partial charge in [0.05, 0.1) is 6.54 Å². The van der Waals surface area contributed by atoms with Gasteiger partial charge in [-0.15, -0.1) is 0 Å². The Balaban J connectivity index is 1.47. The van der Waals surface area contributed by atoms with Crippen LogP contribution in [0, 0.1) is 12.8 Å². The molecule has 0 spiro atoms. The van der Waals surface area contributed by atoms with Gasteiger partial charge in [-0.1, -0.05) is 0 Å². The summed E-state index contributed by atoms with van der Waals surface area (Å²) < 4.78 is 11.4. The van der Waals surface area contributed by atoms with E-state index in [1.807, 2.05) is 0 Å². The fraction of sp³-hybridized carbons (Fsp3) is 0.714. The van der Waals surface area contributed by atoms with Gasteiger partial charge in [-0.05, 0) is 50.2 Å². The van der Waals surface area contributed by atoms with Crippen LogP contribution in [0.1, 0.15) is 42.8 Å². The van der Waals surface area contributed by atoms with E-state index in [0.717, 1.165) is 36.6 Å². The van der Waals surface area contributed by atoms with E-state index in [9.17, 15) is 0 Å². The molecule has 3 rings (SSSR count). The molecule has 0 bridgehead atoms. The number of nitrogens with one attached hydrogen (secondary N) is 1. The normalized spacial score (nSPS) is 19.8. The van der Waals surface area contributed by atoms with Crippen molar-refractivity contribution in [2.24, 2.45) is 5.92 Å². The van der Waals surface area contributed by atoms with E-state index in [-0.39, 0.29) is 0 Å². The highest BCUT2D eigenvalue weighted by atomic mass is 16.5. The van der Waals surface area contributed by atoms with Crippen LogP contribution in [0.15, 0.2) is 10.5 Å². The first-order chi connectivity index (χ1) is 8.31. The van der Waals surface area contributed by atoms with Crippen molar-refractivity contribution in [2.75, 3.05) is 6.61 Å². The summed E-state index contributed by atoms with van der Waals surface area (Å²) in [5.74, 6) is 2.86. The summed E-state index contributed by atoms with van der Waals surface area (Å²) in [6, 6.07) is 2.84. The lowest BCUT2D eigenvalue weighted by Crippen LogP contribution is -2.15. The number of hydrogen-bond donors (Lipinski definition) is 1. The first kappa shape index (κ1) is 11.3. The Bertz CT molecular complexity index is 378. The summed E-state index contributed by atoms with van der Waals surface area (Å²) in [6.45, 7) is 4.49. The molecule has 1 aromatic heterocycles. The number of rotatable bonds is 7. The van der Waals surface area contributed by atoms with Gasteiger partial charge in [0.2, 0.25) is 0 Å². The first-order valence-electron chi connectivity index (χ1n) is 6.70. The average Bonchev–Trinajstić information content (AvgIpc) is 3.18. The van der Waals surface area contributed by atoms with E-state index in [1.54, 1.807) is 0 Å². The van der Waals surface area contributed by atoms with Crippen LogP contribution in [-0.4, -0.2) is 12.6 Å². The van der Waals surface area contributed by atoms with E-state index in [2.05, 4.69) is 18.3 Å². The fourth-order valence-electron chi connectivity index (χ4n) is 1.97. The third kappa shape index (κ3) is 3.33. The molecule has 94 valence electrons. The molecule has 2 saturated carbocycles. The van der Waals surface area contributed by atoms with Gasteiger partial charge in [-0.2, -0.15) is 0 Å². The molecule has 2 fully saturated rings. The molecule has 1 heterocycles. The molecule has 0 saturated heterocycles. The largest absolute Gasteiger partial charge is 0.462 e. The summed E-state index contributed by atoms with van der Waals surface area (Å²) in [6.07, 6.45) is 5.32. The zero-order valence-electron chi connectivity index (χ0n) is 10.5. The van der Waals surface area contributed by atoms with Crippen molar-refractivity contribution < 1.29 is 9.15 Å². The molecule has 1 N–H and O–H groups in total. The SMILES string of the molecule is Cc1cc(COCC2CC2)oc1CNC1CC1. The van der Waals surface area contributed by atoms with Gasteiger partial charge in [0, 0.05) is 12.6 Å². The highest BCUT2D eigenvalue weighted by molar-refractivity contribution is 5.19. The first-order valence-corrected chi connectivity index (χ1v) is 6.70. The standard InChI is InChI=1S/C14H21NO2/c1-10-6-13(9-16-8-11-2-3-11)17-14(10)7-15-12-4-5-12/h6,11-12,15H,2-5,7-9H2,1H3. The van der Waals surface area contributed by atoms with Crippen molar-refractivity contribution in [3.05, 3.63) is 23.2 Å². The zero-order chi connectivity index (χ0) is 11.7. The molecular weight excluding hydrogens is 214 g/mol. The summed E-state index contributed by atoms with van der Waals surface area (Å²) >= 11 is 0. The minimum Gasteiger partial charge on any atom is -0.462 e. The topological polar surface area (TPSA) is 34.4 Å². The summed E-state index contributed by atoms with van der Waals surface area (Å²) in [5.41, 5.74) is 1.24. The van der Waals surface area contributed by atoms with Crippen LogP contribution in [0.5, 0.6) is 0 Å². The van der Waals surface area contributed by atoms with Gasteiger partial charge >= 0.3 is 0 Å². The van der Waals surface area contributed by atoms with E-state index in [0.29, 0.717) is 6.61 Å². The third-order valence-corrected chi connectivity index (χ3v) is 3.50. The Morgan fingerprint density at radius 1 is 1.35 bits per heavy atom.